The molecule has 1 saturated heterocycles. The van der Waals surface area contributed by atoms with Crippen molar-refractivity contribution in [2.24, 2.45) is 0 Å². The van der Waals surface area contributed by atoms with Crippen molar-refractivity contribution >= 4 is 15.9 Å². The summed E-state index contributed by atoms with van der Waals surface area (Å²) in [5, 5.41) is 3.00. The lowest BCUT2D eigenvalue weighted by Crippen LogP contribution is -2.51. The Morgan fingerprint density at radius 1 is 1.19 bits per heavy atom. The first-order chi connectivity index (χ1) is 12.8. The summed E-state index contributed by atoms with van der Waals surface area (Å²) < 4.78 is 40.3. The van der Waals surface area contributed by atoms with Crippen LogP contribution in [0.15, 0.2) is 29.2 Å². The third-order valence-electron chi connectivity index (χ3n) is 4.80. The summed E-state index contributed by atoms with van der Waals surface area (Å²) in [5.41, 5.74) is 0. The second-order valence-corrected chi connectivity index (χ2v) is 8.98. The van der Waals surface area contributed by atoms with Crippen molar-refractivity contribution in [1.82, 2.24) is 14.5 Å². The quantitative estimate of drug-likeness (QED) is 0.647. The number of amides is 1. The summed E-state index contributed by atoms with van der Waals surface area (Å²) in [6.45, 7) is 5.80. The number of hydrogen-bond acceptors (Lipinski definition) is 4. The predicted octanol–water partition coefficient (Wildman–Crippen LogP) is 2.22. The number of piperazine rings is 1. The summed E-state index contributed by atoms with van der Waals surface area (Å²) in [5.74, 6) is -0.777. The lowest BCUT2D eigenvalue weighted by molar-refractivity contribution is -0.123. The third kappa shape index (κ3) is 6.26. The number of carbonyl (C=O) groups excluding carboxylic acids is 1. The van der Waals surface area contributed by atoms with Crippen molar-refractivity contribution in [3.8, 4) is 0 Å². The molecule has 1 aromatic rings. The van der Waals surface area contributed by atoms with Gasteiger partial charge >= 0.3 is 0 Å². The Hall–Kier alpha value is -1.51. The van der Waals surface area contributed by atoms with Gasteiger partial charge in [-0.05, 0) is 25.5 Å². The number of halogens is 1. The molecule has 1 heterocycles. The summed E-state index contributed by atoms with van der Waals surface area (Å²) in [6, 6.07) is 5.55. The molecule has 6 nitrogen and oxygen atoms in total. The van der Waals surface area contributed by atoms with Gasteiger partial charge in [0.2, 0.25) is 15.9 Å². The van der Waals surface area contributed by atoms with Crippen molar-refractivity contribution < 1.29 is 17.6 Å². The van der Waals surface area contributed by atoms with Crippen LogP contribution in [0, 0.1) is 5.82 Å². The van der Waals surface area contributed by atoms with E-state index in [2.05, 4.69) is 12.2 Å². The SMILES string of the molecule is CCCCC[C@H](C)NC(=O)CN1CCN(S(=O)(=O)c2ccccc2F)CC1. The smallest absolute Gasteiger partial charge is 0.246 e. The normalized spacial score (nSPS) is 17.6. The molecular weight excluding hydrogens is 369 g/mol. The first-order valence-corrected chi connectivity index (χ1v) is 11.0. The highest BCUT2D eigenvalue weighted by Crippen LogP contribution is 2.20. The van der Waals surface area contributed by atoms with Gasteiger partial charge in [0.25, 0.3) is 0 Å². The van der Waals surface area contributed by atoms with Crippen molar-refractivity contribution in [3.63, 3.8) is 0 Å². The molecule has 0 aliphatic carbocycles. The number of nitrogens with one attached hydrogen (secondary N) is 1. The summed E-state index contributed by atoms with van der Waals surface area (Å²) in [7, 11) is -3.85. The molecule has 1 aliphatic heterocycles. The minimum atomic E-state index is -3.85. The topological polar surface area (TPSA) is 69.7 Å². The van der Waals surface area contributed by atoms with Crippen LogP contribution in [0.5, 0.6) is 0 Å². The first-order valence-electron chi connectivity index (χ1n) is 9.61. The van der Waals surface area contributed by atoms with E-state index in [1.807, 2.05) is 11.8 Å². The Morgan fingerprint density at radius 2 is 1.85 bits per heavy atom. The van der Waals surface area contributed by atoms with Gasteiger partial charge in [-0.15, -0.1) is 0 Å². The molecular formula is C19H30FN3O3S. The highest BCUT2D eigenvalue weighted by molar-refractivity contribution is 7.89. The van der Waals surface area contributed by atoms with Crippen LogP contribution in [-0.2, 0) is 14.8 Å². The van der Waals surface area contributed by atoms with Crippen LogP contribution >= 0.6 is 0 Å². The van der Waals surface area contributed by atoms with E-state index in [-0.39, 0.29) is 36.5 Å². The molecule has 1 fully saturated rings. The molecule has 0 saturated carbocycles. The van der Waals surface area contributed by atoms with Gasteiger partial charge in [-0.25, -0.2) is 12.8 Å². The second-order valence-electron chi connectivity index (χ2n) is 7.07. The molecule has 1 aromatic carbocycles. The highest BCUT2D eigenvalue weighted by Gasteiger charge is 2.30. The van der Waals surface area contributed by atoms with Crippen LogP contribution in [0.3, 0.4) is 0 Å². The number of nitrogens with zero attached hydrogens (tertiary/aromatic N) is 2. The van der Waals surface area contributed by atoms with Gasteiger partial charge in [0.1, 0.15) is 10.7 Å². The third-order valence-corrected chi connectivity index (χ3v) is 6.73. The fourth-order valence-electron chi connectivity index (χ4n) is 3.22. The van der Waals surface area contributed by atoms with Crippen LogP contribution in [0.25, 0.3) is 0 Å². The number of rotatable bonds is 9. The fraction of sp³-hybridized carbons (Fsp3) is 0.632. The maximum Gasteiger partial charge on any atom is 0.246 e. The van der Waals surface area contributed by atoms with Crippen LogP contribution in [0.1, 0.15) is 39.5 Å². The first kappa shape index (κ1) is 21.8. The zero-order valence-electron chi connectivity index (χ0n) is 16.2. The summed E-state index contributed by atoms with van der Waals surface area (Å²) in [6.07, 6.45) is 4.39. The van der Waals surface area contributed by atoms with E-state index >= 15 is 0 Å². The number of unbranched alkanes of at least 4 members (excludes halogenated alkanes) is 2. The van der Waals surface area contributed by atoms with E-state index < -0.39 is 15.8 Å². The number of sulfonamides is 1. The molecule has 0 unspecified atom stereocenters. The molecule has 2 rings (SSSR count). The lowest BCUT2D eigenvalue weighted by atomic mass is 10.1. The van der Waals surface area contributed by atoms with Gasteiger partial charge in [0.15, 0.2) is 0 Å². The molecule has 0 spiro atoms. The standard InChI is InChI=1S/C19H30FN3O3S/c1-3-4-5-8-16(2)21-19(24)15-22-11-13-23(14-12-22)27(25,26)18-10-7-6-9-17(18)20/h6-7,9-10,16H,3-5,8,11-15H2,1-2H3,(H,21,24)/t16-/m0/s1. The van der Waals surface area contributed by atoms with Crippen molar-refractivity contribution in [2.45, 2.75) is 50.5 Å². The Balaban J connectivity index is 1.81. The maximum atomic E-state index is 13.9. The van der Waals surface area contributed by atoms with E-state index in [0.717, 1.165) is 25.3 Å². The lowest BCUT2D eigenvalue weighted by Gasteiger charge is -2.33. The number of benzene rings is 1. The zero-order chi connectivity index (χ0) is 19.9. The van der Waals surface area contributed by atoms with E-state index in [4.69, 9.17) is 0 Å². The Bertz CT molecular complexity index is 719. The van der Waals surface area contributed by atoms with Gasteiger partial charge in [-0.1, -0.05) is 38.3 Å². The molecule has 152 valence electrons. The summed E-state index contributed by atoms with van der Waals surface area (Å²) >= 11 is 0. The van der Waals surface area contributed by atoms with Gasteiger partial charge in [0.05, 0.1) is 6.54 Å². The molecule has 1 N–H and O–H groups in total. The van der Waals surface area contributed by atoms with Gasteiger partial charge < -0.3 is 5.32 Å². The molecule has 0 bridgehead atoms. The molecule has 1 atom stereocenters. The summed E-state index contributed by atoms with van der Waals surface area (Å²) in [4.78, 5) is 13.8. The second kappa shape index (κ2) is 10.1. The van der Waals surface area contributed by atoms with Crippen LogP contribution in [-0.4, -0.2) is 62.3 Å². The van der Waals surface area contributed by atoms with Crippen LogP contribution in [0.2, 0.25) is 0 Å². The minimum absolute atomic E-state index is 0.0376. The van der Waals surface area contributed by atoms with Crippen LogP contribution in [0.4, 0.5) is 4.39 Å². The maximum absolute atomic E-state index is 13.9. The molecule has 1 aliphatic rings. The Labute approximate surface area is 161 Å². The fourth-order valence-corrected chi connectivity index (χ4v) is 4.70. The molecule has 8 heteroatoms. The molecule has 1 amide bonds. The number of hydrogen-bond donors (Lipinski definition) is 1. The Morgan fingerprint density at radius 3 is 2.48 bits per heavy atom. The Kier molecular flexibility index (Phi) is 8.19. The zero-order valence-corrected chi connectivity index (χ0v) is 17.0. The minimum Gasteiger partial charge on any atom is -0.353 e. The van der Waals surface area contributed by atoms with Crippen molar-refractivity contribution in [2.75, 3.05) is 32.7 Å². The van der Waals surface area contributed by atoms with Gasteiger partial charge in [0, 0.05) is 32.2 Å². The van der Waals surface area contributed by atoms with E-state index in [9.17, 15) is 17.6 Å². The largest absolute Gasteiger partial charge is 0.353 e. The van der Waals surface area contributed by atoms with Crippen LogP contribution < -0.4 is 5.32 Å². The molecule has 0 radical (unpaired) electrons. The average Bonchev–Trinajstić information content (AvgIpc) is 2.62. The van der Waals surface area contributed by atoms with Gasteiger partial charge in [-0.2, -0.15) is 4.31 Å². The highest BCUT2D eigenvalue weighted by atomic mass is 32.2. The van der Waals surface area contributed by atoms with E-state index in [1.165, 1.54) is 28.9 Å². The number of carbonyl (C=O) groups is 1. The monoisotopic (exact) mass is 399 g/mol. The molecule has 27 heavy (non-hydrogen) atoms. The van der Waals surface area contributed by atoms with E-state index in [0.29, 0.717) is 13.1 Å². The average molecular weight is 400 g/mol. The predicted molar refractivity (Wildman–Crippen MR) is 103 cm³/mol. The van der Waals surface area contributed by atoms with Gasteiger partial charge in [-0.3, -0.25) is 9.69 Å². The van der Waals surface area contributed by atoms with Crippen molar-refractivity contribution in [3.05, 3.63) is 30.1 Å². The van der Waals surface area contributed by atoms with Crippen molar-refractivity contribution in [1.29, 1.82) is 0 Å². The molecule has 0 aromatic heterocycles. The van der Waals surface area contributed by atoms with E-state index in [1.54, 1.807) is 0 Å².